The Morgan fingerprint density at radius 3 is 1.47 bits per heavy atom. The van der Waals surface area contributed by atoms with E-state index in [9.17, 15) is 19.2 Å². The summed E-state index contributed by atoms with van der Waals surface area (Å²) in [5.41, 5.74) is 3.48. The van der Waals surface area contributed by atoms with Crippen LogP contribution in [0.5, 0.6) is 0 Å². The minimum Gasteiger partial charge on any atom is -0.320 e. The molecule has 2 aliphatic heterocycles. The van der Waals surface area contributed by atoms with E-state index in [0.29, 0.717) is 35.5 Å². The number of anilines is 2. The molecule has 0 radical (unpaired) electrons. The number of benzene rings is 2. The average Bonchev–Trinajstić information content (AvgIpc) is 3.28. The first-order chi connectivity index (χ1) is 16.4. The lowest BCUT2D eigenvalue weighted by Gasteiger charge is -2.24. The predicted octanol–water partition coefficient (Wildman–Crippen LogP) is 3.01. The number of fused-ring (bicyclic) bond motifs is 4. The van der Waals surface area contributed by atoms with Crippen LogP contribution in [-0.2, 0) is 22.7 Å². The number of nitrogens with one attached hydrogen (secondary N) is 4. The number of carbonyl (C=O) groups excluding carboxylic acids is 2. The minimum atomic E-state index is -0.386. The fourth-order valence-corrected chi connectivity index (χ4v) is 6.46. The number of thioether (sulfide) groups is 2. The molecule has 2 aromatic heterocycles. The van der Waals surface area contributed by atoms with Gasteiger partial charge in [0.25, 0.3) is 11.8 Å². The fraction of sp³-hybridized carbons (Fsp3) is 0.182. The van der Waals surface area contributed by atoms with Crippen LogP contribution >= 0.6 is 23.5 Å². The molecule has 12 heteroatoms. The van der Waals surface area contributed by atoms with Gasteiger partial charge in [-0.3, -0.25) is 18.7 Å². The normalized spacial score (nSPS) is 17.6. The molecule has 0 bridgehead atoms. The molecule has 4 heterocycles. The molecule has 0 unspecified atom stereocenters. The van der Waals surface area contributed by atoms with Gasteiger partial charge in [-0.15, -0.1) is 0 Å². The summed E-state index contributed by atoms with van der Waals surface area (Å²) >= 11 is 2.41. The summed E-state index contributed by atoms with van der Waals surface area (Å²) in [4.78, 5) is 58.0. The Morgan fingerprint density at radius 1 is 0.676 bits per heavy atom. The molecule has 0 atom stereocenters. The summed E-state index contributed by atoms with van der Waals surface area (Å²) in [5, 5.41) is 5.70. The first-order valence-electron chi connectivity index (χ1n) is 10.6. The monoisotopic (exact) mass is 494 g/mol. The van der Waals surface area contributed by atoms with Crippen molar-refractivity contribution in [3.05, 3.63) is 55.0 Å². The molecule has 2 aromatic carbocycles. The zero-order valence-electron chi connectivity index (χ0n) is 18.1. The summed E-state index contributed by atoms with van der Waals surface area (Å²) in [5.74, 6) is -0.771. The number of rotatable bonds is 2. The van der Waals surface area contributed by atoms with Gasteiger partial charge in [-0.05, 0) is 38.1 Å². The van der Waals surface area contributed by atoms with Crippen LogP contribution in [0.15, 0.2) is 53.5 Å². The number of aryl methyl sites for hydroxylation is 2. The van der Waals surface area contributed by atoms with Gasteiger partial charge < -0.3 is 20.6 Å². The summed E-state index contributed by atoms with van der Waals surface area (Å²) < 4.78 is 3.24. The lowest BCUT2D eigenvalue weighted by molar-refractivity contribution is -0.114. The summed E-state index contributed by atoms with van der Waals surface area (Å²) in [6, 6.07) is 7.17. The lowest BCUT2D eigenvalue weighted by Crippen LogP contribution is -2.24. The molecule has 0 saturated heterocycles. The highest BCUT2D eigenvalue weighted by Crippen LogP contribution is 2.47. The predicted molar refractivity (Wildman–Crippen MR) is 132 cm³/mol. The number of aromatic amines is 2. The van der Waals surface area contributed by atoms with Crippen LogP contribution < -0.4 is 22.0 Å². The number of carbonyl (C=O) groups is 2. The molecular weight excluding hydrogens is 476 g/mol. The van der Waals surface area contributed by atoms with Crippen LogP contribution in [0.4, 0.5) is 11.4 Å². The SMILES string of the molecule is CCn1c(=O)[nH]c2cc3c(cc21)S/C(=C1\Sc2cc4c(cc2NC1=O)[nH]c(=O)n4CC)C(=O)N3. The maximum Gasteiger partial charge on any atom is 0.326 e. The molecule has 2 amide bonds. The van der Waals surface area contributed by atoms with Crippen LogP contribution in [0, 0.1) is 0 Å². The van der Waals surface area contributed by atoms with Gasteiger partial charge in [0.2, 0.25) is 0 Å². The largest absolute Gasteiger partial charge is 0.326 e. The van der Waals surface area contributed by atoms with E-state index in [1.54, 1.807) is 21.3 Å². The highest BCUT2D eigenvalue weighted by molar-refractivity contribution is 8.08. The van der Waals surface area contributed by atoms with Gasteiger partial charge in [-0.2, -0.15) is 0 Å². The number of hydrogen-bond donors (Lipinski definition) is 4. The van der Waals surface area contributed by atoms with E-state index in [1.165, 1.54) is 23.5 Å². The Hall–Kier alpha value is -3.64. The lowest BCUT2D eigenvalue weighted by atomic mass is 10.2. The zero-order chi connectivity index (χ0) is 23.7. The number of aromatic nitrogens is 4. The summed E-state index contributed by atoms with van der Waals surface area (Å²) in [6.07, 6.45) is 0. The van der Waals surface area contributed by atoms with Crippen LogP contribution in [-0.4, -0.2) is 30.9 Å². The fourth-order valence-electron chi connectivity index (χ4n) is 4.33. The molecule has 6 rings (SSSR count). The zero-order valence-corrected chi connectivity index (χ0v) is 19.7. The van der Waals surface area contributed by atoms with Crippen LogP contribution in [0.1, 0.15) is 13.8 Å². The third-order valence-electron chi connectivity index (χ3n) is 5.92. The molecule has 172 valence electrons. The highest BCUT2D eigenvalue weighted by Gasteiger charge is 2.32. The number of amides is 2. The molecule has 0 saturated carbocycles. The Labute approximate surface area is 199 Å². The second-order valence-corrected chi connectivity index (χ2v) is 9.95. The molecule has 0 fully saturated rings. The van der Waals surface area contributed by atoms with E-state index >= 15 is 0 Å². The summed E-state index contributed by atoms with van der Waals surface area (Å²) in [7, 11) is 0. The molecular formula is C22H18N6O4S2. The third kappa shape index (κ3) is 2.98. The second-order valence-electron chi connectivity index (χ2n) is 7.85. The molecule has 4 aromatic rings. The van der Waals surface area contributed by atoms with Crippen molar-refractivity contribution in [2.24, 2.45) is 0 Å². The summed E-state index contributed by atoms with van der Waals surface area (Å²) in [6.45, 7) is 4.79. The van der Waals surface area contributed by atoms with E-state index in [1.807, 2.05) is 26.0 Å². The maximum atomic E-state index is 13.0. The van der Waals surface area contributed by atoms with Crippen molar-refractivity contribution in [1.29, 1.82) is 0 Å². The van der Waals surface area contributed by atoms with E-state index in [0.717, 1.165) is 20.8 Å². The topological polar surface area (TPSA) is 134 Å². The van der Waals surface area contributed by atoms with Crippen molar-refractivity contribution in [3.8, 4) is 0 Å². The average molecular weight is 495 g/mol. The van der Waals surface area contributed by atoms with Crippen LogP contribution in [0.2, 0.25) is 0 Å². The smallest absolute Gasteiger partial charge is 0.320 e. The van der Waals surface area contributed by atoms with Gasteiger partial charge in [0.05, 0.1) is 43.3 Å². The van der Waals surface area contributed by atoms with Crippen LogP contribution in [0.25, 0.3) is 22.1 Å². The van der Waals surface area contributed by atoms with Crippen molar-refractivity contribution < 1.29 is 9.59 Å². The van der Waals surface area contributed by atoms with Gasteiger partial charge in [-0.25, -0.2) is 9.59 Å². The van der Waals surface area contributed by atoms with Gasteiger partial charge in [-0.1, -0.05) is 23.5 Å². The van der Waals surface area contributed by atoms with E-state index in [-0.39, 0.29) is 33.0 Å². The van der Waals surface area contributed by atoms with Crippen molar-refractivity contribution in [2.75, 3.05) is 10.6 Å². The molecule has 0 aliphatic carbocycles. The molecule has 2 aliphatic rings. The van der Waals surface area contributed by atoms with E-state index < -0.39 is 0 Å². The second kappa shape index (κ2) is 7.43. The third-order valence-corrected chi connectivity index (χ3v) is 8.35. The van der Waals surface area contributed by atoms with Crippen molar-refractivity contribution in [3.63, 3.8) is 0 Å². The van der Waals surface area contributed by atoms with E-state index in [2.05, 4.69) is 20.6 Å². The Kier molecular flexibility index (Phi) is 4.58. The molecule has 10 nitrogen and oxygen atoms in total. The van der Waals surface area contributed by atoms with Crippen molar-refractivity contribution >= 4 is 68.8 Å². The number of H-pyrrole nitrogens is 2. The van der Waals surface area contributed by atoms with Gasteiger partial charge in [0.1, 0.15) is 0 Å². The van der Waals surface area contributed by atoms with Crippen molar-refractivity contribution in [1.82, 2.24) is 19.1 Å². The Morgan fingerprint density at radius 2 is 1.09 bits per heavy atom. The van der Waals surface area contributed by atoms with Gasteiger partial charge in [0.15, 0.2) is 0 Å². The van der Waals surface area contributed by atoms with Crippen molar-refractivity contribution in [2.45, 2.75) is 36.7 Å². The van der Waals surface area contributed by atoms with Gasteiger partial charge >= 0.3 is 11.4 Å². The quantitative estimate of drug-likeness (QED) is 0.317. The molecule has 4 N–H and O–H groups in total. The molecule has 34 heavy (non-hydrogen) atoms. The standard InChI is InChI=1S/C22H18N6O4S2/c1-3-27-13-7-15-11(5-9(13)25-21(27)31)23-19(29)17(33-15)18-20(30)24-12-6-10-14(8-16(12)34-18)28(4-2)22(32)26-10/h5-8H,3-4H2,1-2H3,(H,23,29)(H,24,30)(H,25,31)(H,26,32)/b18-17-. The Bertz CT molecular complexity index is 1600. The number of hydrogen-bond acceptors (Lipinski definition) is 6. The number of imidazole rings is 2. The highest BCUT2D eigenvalue weighted by atomic mass is 32.2. The first kappa shape index (κ1) is 20.9. The minimum absolute atomic E-state index is 0.213. The maximum absolute atomic E-state index is 13.0. The van der Waals surface area contributed by atoms with Gasteiger partial charge in [0, 0.05) is 22.9 Å². The molecule has 0 spiro atoms. The van der Waals surface area contributed by atoms with E-state index in [4.69, 9.17) is 0 Å². The first-order valence-corrected chi connectivity index (χ1v) is 12.3. The number of nitrogens with zero attached hydrogens (tertiary/aromatic N) is 2. The Balaban J connectivity index is 1.46. The van der Waals surface area contributed by atoms with Crippen LogP contribution in [0.3, 0.4) is 0 Å².